The van der Waals surface area contributed by atoms with E-state index < -0.39 is 23.8 Å². The molecule has 0 aliphatic heterocycles. The van der Waals surface area contributed by atoms with Gasteiger partial charge in [0.25, 0.3) is 5.91 Å². The quantitative estimate of drug-likeness (QED) is 0.644. The number of ether oxygens (including phenoxy) is 1. The average molecular weight is 296 g/mol. The Bertz CT molecular complexity index is 546. The summed E-state index contributed by atoms with van der Waals surface area (Å²) >= 11 is 0. The summed E-state index contributed by atoms with van der Waals surface area (Å²) in [5.41, 5.74) is 5.83. The minimum atomic E-state index is -1.01. The fraction of sp³-hybridized carbons (Fsp3) is 0.467. The molecule has 3 N–H and O–H groups in total. The van der Waals surface area contributed by atoms with Gasteiger partial charge in [0.1, 0.15) is 5.82 Å². The summed E-state index contributed by atoms with van der Waals surface area (Å²) in [6.45, 7) is 6.70. The molecule has 0 spiro atoms. The number of anilines is 1. The van der Waals surface area contributed by atoms with E-state index in [0.717, 1.165) is 6.42 Å². The second-order valence-corrected chi connectivity index (χ2v) is 5.06. The van der Waals surface area contributed by atoms with Crippen molar-refractivity contribution >= 4 is 17.6 Å². The maximum atomic E-state index is 13.9. The first-order valence-electron chi connectivity index (χ1n) is 6.83. The van der Waals surface area contributed by atoms with Crippen molar-refractivity contribution in [3.8, 4) is 0 Å². The van der Waals surface area contributed by atoms with Crippen LogP contribution in [0.15, 0.2) is 12.1 Å². The van der Waals surface area contributed by atoms with Crippen molar-refractivity contribution in [3.63, 3.8) is 0 Å². The van der Waals surface area contributed by atoms with Crippen LogP contribution in [0.25, 0.3) is 0 Å². The highest BCUT2D eigenvalue weighted by atomic mass is 19.1. The van der Waals surface area contributed by atoms with Crippen molar-refractivity contribution in [3.05, 3.63) is 29.1 Å². The normalized spacial score (nSPS) is 13.4. The Morgan fingerprint density at radius 3 is 2.57 bits per heavy atom. The molecule has 2 unspecified atom stereocenters. The third kappa shape index (κ3) is 4.44. The summed E-state index contributed by atoms with van der Waals surface area (Å²) in [4.78, 5) is 23.7. The Balaban J connectivity index is 2.80. The minimum Gasteiger partial charge on any atom is -0.449 e. The summed E-state index contributed by atoms with van der Waals surface area (Å²) in [5, 5.41) is 2.69. The predicted molar refractivity (Wildman–Crippen MR) is 78.3 cm³/mol. The molecule has 116 valence electrons. The molecule has 0 aliphatic rings. The fourth-order valence-electron chi connectivity index (χ4n) is 1.69. The molecule has 0 saturated carbocycles. The Labute approximate surface area is 123 Å². The molecule has 0 radical (unpaired) electrons. The molecule has 0 heterocycles. The van der Waals surface area contributed by atoms with E-state index in [1.165, 1.54) is 26.0 Å². The van der Waals surface area contributed by atoms with Crippen LogP contribution in [0.3, 0.4) is 0 Å². The van der Waals surface area contributed by atoms with Gasteiger partial charge >= 0.3 is 5.97 Å². The lowest BCUT2D eigenvalue weighted by Gasteiger charge is -2.17. The number of hydrogen-bond donors (Lipinski definition) is 2. The number of carbonyl (C=O) groups excluding carboxylic acids is 2. The lowest BCUT2D eigenvalue weighted by Crippen LogP contribution is -2.40. The van der Waals surface area contributed by atoms with E-state index >= 15 is 0 Å². The van der Waals surface area contributed by atoms with Gasteiger partial charge in [-0.25, -0.2) is 9.18 Å². The SMILES string of the molecule is CCC(C)NC(=O)C(C)OC(=O)c1cc(N)cc(C)c1F. The number of halogens is 1. The third-order valence-corrected chi connectivity index (χ3v) is 3.15. The summed E-state index contributed by atoms with van der Waals surface area (Å²) in [5.74, 6) is -2.02. The van der Waals surface area contributed by atoms with Crippen LogP contribution in [0.5, 0.6) is 0 Å². The number of esters is 1. The van der Waals surface area contributed by atoms with E-state index in [0.29, 0.717) is 0 Å². The number of carbonyl (C=O) groups is 2. The van der Waals surface area contributed by atoms with Crippen molar-refractivity contribution in [1.29, 1.82) is 0 Å². The number of nitrogen functional groups attached to an aromatic ring is 1. The Morgan fingerprint density at radius 2 is 2.00 bits per heavy atom. The predicted octanol–water partition coefficient (Wildman–Crippen LogP) is 2.18. The Kier molecular flexibility index (Phi) is 5.69. The summed E-state index contributed by atoms with van der Waals surface area (Å²) in [6.07, 6.45) is -0.247. The molecule has 0 saturated heterocycles. The van der Waals surface area contributed by atoms with Crippen LogP contribution < -0.4 is 11.1 Å². The van der Waals surface area contributed by atoms with Gasteiger partial charge in [-0.3, -0.25) is 4.79 Å². The molecule has 1 aromatic carbocycles. The van der Waals surface area contributed by atoms with Crippen molar-refractivity contribution in [2.45, 2.75) is 46.3 Å². The van der Waals surface area contributed by atoms with Gasteiger partial charge in [0.2, 0.25) is 0 Å². The molecule has 0 bridgehead atoms. The molecule has 5 nitrogen and oxygen atoms in total. The smallest absolute Gasteiger partial charge is 0.341 e. The van der Waals surface area contributed by atoms with E-state index in [4.69, 9.17) is 10.5 Å². The topological polar surface area (TPSA) is 81.4 Å². The average Bonchev–Trinajstić information content (AvgIpc) is 2.42. The van der Waals surface area contributed by atoms with Crippen molar-refractivity contribution in [2.75, 3.05) is 5.73 Å². The lowest BCUT2D eigenvalue weighted by molar-refractivity contribution is -0.129. The zero-order chi connectivity index (χ0) is 16.2. The highest BCUT2D eigenvalue weighted by Gasteiger charge is 2.22. The van der Waals surface area contributed by atoms with Crippen LogP contribution in [0.2, 0.25) is 0 Å². The van der Waals surface area contributed by atoms with E-state index in [9.17, 15) is 14.0 Å². The molecule has 6 heteroatoms. The van der Waals surface area contributed by atoms with Gasteiger partial charge < -0.3 is 15.8 Å². The summed E-state index contributed by atoms with van der Waals surface area (Å²) in [6, 6.07) is 2.60. The van der Waals surface area contributed by atoms with E-state index in [1.54, 1.807) is 0 Å². The molecule has 0 aliphatic carbocycles. The van der Waals surface area contributed by atoms with Gasteiger partial charge in [0.05, 0.1) is 5.56 Å². The number of aryl methyl sites for hydroxylation is 1. The zero-order valence-corrected chi connectivity index (χ0v) is 12.7. The van der Waals surface area contributed by atoms with Crippen LogP contribution in [-0.4, -0.2) is 24.0 Å². The molecule has 1 rings (SSSR count). The highest BCUT2D eigenvalue weighted by Crippen LogP contribution is 2.18. The Hall–Kier alpha value is -2.11. The maximum absolute atomic E-state index is 13.9. The number of benzene rings is 1. The second kappa shape index (κ2) is 7.06. The first-order valence-corrected chi connectivity index (χ1v) is 6.83. The van der Waals surface area contributed by atoms with Gasteiger partial charge in [0, 0.05) is 11.7 Å². The molecule has 2 atom stereocenters. The number of amides is 1. The van der Waals surface area contributed by atoms with Gasteiger partial charge in [-0.05, 0) is 44.9 Å². The third-order valence-electron chi connectivity index (χ3n) is 3.15. The summed E-state index contributed by atoms with van der Waals surface area (Å²) < 4.78 is 18.9. The van der Waals surface area contributed by atoms with Crippen molar-refractivity contribution < 1.29 is 18.7 Å². The lowest BCUT2D eigenvalue weighted by atomic mass is 10.1. The first-order chi connectivity index (χ1) is 9.76. The number of nitrogens with one attached hydrogen (secondary N) is 1. The van der Waals surface area contributed by atoms with Crippen LogP contribution >= 0.6 is 0 Å². The van der Waals surface area contributed by atoms with Crippen LogP contribution in [0.1, 0.15) is 43.1 Å². The fourth-order valence-corrected chi connectivity index (χ4v) is 1.69. The van der Waals surface area contributed by atoms with Crippen LogP contribution in [-0.2, 0) is 9.53 Å². The highest BCUT2D eigenvalue weighted by molar-refractivity contribution is 5.93. The number of nitrogens with two attached hydrogens (primary N) is 1. The van der Waals surface area contributed by atoms with Crippen LogP contribution in [0, 0.1) is 12.7 Å². The number of rotatable bonds is 5. The van der Waals surface area contributed by atoms with E-state index in [1.807, 2.05) is 13.8 Å². The molecular weight excluding hydrogens is 275 g/mol. The molecular formula is C15H21FN2O3. The standard InChI is InChI=1S/C15H21FN2O3/c1-5-9(3)18-14(19)10(4)21-15(20)12-7-11(17)6-8(2)13(12)16/h6-7,9-10H,5,17H2,1-4H3,(H,18,19). The van der Waals surface area contributed by atoms with E-state index in [-0.39, 0.29) is 22.9 Å². The summed E-state index contributed by atoms with van der Waals surface area (Å²) in [7, 11) is 0. The van der Waals surface area contributed by atoms with Gasteiger partial charge in [-0.1, -0.05) is 6.92 Å². The van der Waals surface area contributed by atoms with Gasteiger partial charge in [0.15, 0.2) is 6.10 Å². The van der Waals surface area contributed by atoms with Gasteiger partial charge in [-0.2, -0.15) is 0 Å². The van der Waals surface area contributed by atoms with Crippen molar-refractivity contribution in [2.24, 2.45) is 0 Å². The minimum absolute atomic E-state index is 0.0231. The van der Waals surface area contributed by atoms with E-state index in [2.05, 4.69) is 5.32 Å². The molecule has 1 amide bonds. The van der Waals surface area contributed by atoms with Crippen molar-refractivity contribution in [1.82, 2.24) is 5.32 Å². The largest absolute Gasteiger partial charge is 0.449 e. The molecule has 21 heavy (non-hydrogen) atoms. The molecule has 1 aromatic rings. The molecule has 0 aromatic heterocycles. The second-order valence-electron chi connectivity index (χ2n) is 5.06. The Morgan fingerprint density at radius 1 is 1.38 bits per heavy atom. The monoisotopic (exact) mass is 296 g/mol. The van der Waals surface area contributed by atoms with Gasteiger partial charge in [-0.15, -0.1) is 0 Å². The maximum Gasteiger partial charge on any atom is 0.341 e. The zero-order valence-electron chi connectivity index (χ0n) is 12.7. The molecule has 0 fully saturated rings. The number of hydrogen-bond acceptors (Lipinski definition) is 4. The van der Waals surface area contributed by atoms with Crippen LogP contribution in [0.4, 0.5) is 10.1 Å². The first kappa shape index (κ1) is 16.9.